The summed E-state index contributed by atoms with van der Waals surface area (Å²) >= 11 is 0. The van der Waals surface area contributed by atoms with Gasteiger partial charge in [0.15, 0.2) is 0 Å². The maximum atomic E-state index is 13.5. The van der Waals surface area contributed by atoms with E-state index in [-0.39, 0.29) is 18.3 Å². The Morgan fingerprint density at radius 2 is 2.15 bits per heavy atom. The number of fused-ring (bicyclic) bond motifs is 1. The van der Waals surface area contributed by atoms with E-state index in [4.69, 9.17) is 0 Å². The zero-order chi connectivity index (χ0) is 23.7. The average molecular weight is 478 g/mol. The number of aliphatic imine (C=N–C) groups is 1. The van der Waals surface area contributed by atoms with Crippen molar-refractivity contribution in [2.45, 2.75) is 31.5 Å². The number of nitrogens with one attached hydrogen (secondary N) is 1. The van der Waals surface area contributed by atoms with E-state index in [9.17, 15) is 13.6 Å². The van der Waals surface area contributed by atoms with E-state index in [1.807, 2.05) is 37.5 Å². The molecule has 1 aliphatic carbocycles. The SMILES string of the molecule is Cn1cc(C2=CC3C(C=CC4=C(C=C(CS(=O)(=O)NCc5cccnc5)CC4)N3[O-])N=C2)cn1. The average Bonchev–Trinajstić information content (AvgIpc) is 3.22. The van der Waals surface area contributed by atoms with Crippen molar-refractivity contribution in [1.29, 1.82) is 0 Å². The second-order valence-electron chi connectivity index (χ2n) is 8.62. The number of hydrogen-bond donors (Lipinski definition) is 1. The molecule has 0 saturated carbocycles. The summed E-state index contributed by atoms with van der Waals surface area (Å²) in [6.07, 6.45) is 17.4. The predicted octanol–water partition coefficient (Wildman–Crippen LogP) is 2.48. The van der Waals surface area contributed by atoms with Gasteiger partial charge in [-0.2, -0.15) is 5.10 Å². The molecule has 0 amide bonds. The number of aromatic nitrogens is 3. The summed E-state index contributed by atoms with van der Waals surface area (Å²) in [5, 5.41) is 18.7. The lowest BCUT2D eigenvalue weighted by Crippen LogP contribution is -2.38. The summed E-state index contributed by atoms with van der Waals surface area (Å²) in [4.78, 5) is 8.61. The van der Waals surface area contributed by atoms with Crippen LogP contribution in [0.15, 0.2) is 83.1 Å². The highest BCUT2D eigenvalue weighted by molar-refractivity contribution is 7.89. The van der Waals surface area contributed by atoms with Crippen LogP contribution in [0.25, 0.3) is 5.57 Å². The molecule has 0 bridgehead atoms. The third kappa shape index (κ3) is 4.79. The van der Waals surface area contributed by atoms with Crippen LogP contribution >= 0.6 is 0 Å². The van der Waals surface area contributed by atoms with E-state index in [1.165, 1.54) is 0 Å². The first-order chi connectivity index (χ1) is 16.4. The van der Waals surface area contributed by atoms with Crippen molar-refractivity contribution in [2.24, 2.45) is 12.0 Å². The van der Waals surface area contributed by atoms with E-state index >= 15 is 0 Å². The lowest BCUT2D eigenvalue weighted by Gasteiger charge is -2.42. The quantitative estimate of drug-likeness (QED) is 0.683. The highest BCUT2D eigenvalue weighted by Gasteiger charge is 2.28. The number of rotatable bonds is 6. The van der Waals surface area contributed by atoms with Crippen LogP contribution in [0.3, 0.4) is 0 Å². The van der Waals surface area contributed by atoms with E-state index < -0.39 is 16.1 Å². The zero-order valence-corrected chi connectivity index (χ0v) is 19.5. The van der Waals surface area contributed by atoms with Crippen molar-refractivity contribution in [3.63, 3.8) is 0 Å². The number of pyridine rings is 1. The molecular formula is C24H25N6O3S-. The van der Waals surface area contributed by atoms with Crippen molar-refractivity contribution < 1.29 is 8.42 Å². The molecule has 0 radical (unpaired) electrons. The maximum absolute atomic E-state index is 13.5. The highest BCUT2D eigenvalue weighted by Crippen LogP contribution is 2.34. The van der Waals surface area contributed by atoms with Gasteiger partial charge in [0.05, 0.1) is 24.0 Å². The lowest BCUT2D eigenvalue weighted by atomic mass is 9.96. The van der Waals surface area contributed by atoms with E-state index in [2.05, 4.69) is 19.8 Å². The molecule has 0 fully saturated rings. The van der Waals surface area contributed by atoms with Crippen LogP contribution in [-0.2, 0) is 23.6 Å². The summed E-state index contributed by atoms with van der Waals surface area (Å²) in [6.45, 7) is 0.178. The van der Waals surface area contributed by atoms with E-state index in [0.717, 1.165) is 27.3 Å². The molecule has 2 aromatic rings. The number of allylic oxidation sites excluding steroid dienone is 4. The summed E-state index contributed by atoms with van der Waals surface area (Å²) in [6, 6.07) is 2.77. The third-order valence-corrected chi connectivity index (χ3v) is 7.44. The van der Waals surface area contributed by atoms with Crippen LogP contribution in [-0.4, -0.2) is 52.3 Å². The molecule has 0 spiro atoms. The topological polar surface area (TPSA) is 116 Å². The Labute approximate surface area is 198 Å². The van der Waals surface area contributed by atoms with Gasteiger partial charge >= 0.3 is 0 Å². The number of aryl methyl sites for hydroxylation is 1. The number of hydrogen-bond acceptors (Lipinski definition) is 7. The molecule has 5 rings (SSSR count). The van der Waals surface area contributed by atoms with Crippen molar-refractivity contribution >= 4 is 21.8 Å². The van der Waals surface area contributed by atoms with E-state index in [0.29, 0.717) is 24.1 Å². The van der Waals surface area contributed by atoms with Crippen LogP contribution in [0.2, 0.25) is 0 Å². The van der Waals surface area contributed by atoms with Crippen LogP contribution in [0, 0.1) is 5.21 Å². The largest absolute Gasteiger partial charge is 0.758 e. The minimum atomic E-state index is -3.56. The van der Waals surface area contributed by atoms with Gasteiger partial charge < -0.3 is 10.3 Å². The monoisotopic (exact) mass is 477 g/mol. The van der Waals surface area contributed by atoms with Crippen molar-refractivity contribution in [1.82, 2.24) is 24.5 Å². The Balaban J connectivity index is 1.34. The number of hydroxylamine groups is 2. The summed E-state index contributed by atoms with van der Waals surface area (Å²) in [7, 11) is -1.72. The Morgan fingerprint density at radius 1 is 1.26 bits per heavy atom. The second kappa shape index (κ2) is 9.13. The minimum absolute atomic E-state index is 0.148. The van der Waals surface area contributed by atoms with Gasteiger partial charge in [-0.3, -0.25) is 14.7 Å². The van der Waals surface area contributed by atoms with Crippen LogP contribution in [0.1, 0.15) is 24.0 Å². The Bertz CT molecular complexity index is 1340. The maximum Gasteiger partial charge on any atom is 0.215 e. The molecule has 4 heterocycles. The Morgan fingerprint density at radius 3 is 2.91 bits per heavy atom. The van der Waals surface area contributed by atoms with Crippen LogP contribution < -0.4 is 4.72 Å². The molecule has 176 valence electrons. The fourth-order valence-electron chi connectivity index (χ4n) is 4.33. The molecule has 0 aromatic carbocycles. The molecule has 9 nitrogen and oxygen atoms in total. The fourth-order valence-corrected chi connectivity index (χ4v) is 5.53. The highest BCUT2D eigenvalue weighted by atomic mass is 32.2. The van der Waals surface area contributed by atoms with Gasteiger partial charge in [-0.25, -0.2) is 13.1 Å². The Hall–Kier alpha value is -3.34. The summed E-state index contributed by atoms with van der Waals surface area (Å²) in [5.41, 5.74) is 4.64. The molecule has 1 N–H and O–H groups in total. The zero-order valence-electron chi connectivity index (χ0n) is 18.7. The Kier molecular flexibility index (Phi) is 6.03. The van der Waals surface area contributed by atoms with Crippen molar-refractivity contribution in [3.05, 3.63) is 94.4 Å². The smallest absolute Gasteiger partial charge is 0.215 e. The summed E-state index contributed by atoms with van der Waals surface area (Å²) < 4.78 is 29.7. The van der Waals surface area contributed by atoms with Gasteiger partial charge in [-0.15, -0.1) is 0 Å². The normalized spacial score (nSPS) is 22.1. The van der Waals surface area contributed by atoms with Crippen LogP contribution in [0.4, 0.5) is 0 Å². The molecule has 2 atom stereocenters. The fraction of sp³-hybridized carbons (Fsp3) is 0.292. The number of sulfonamides is 1. The van der Waals surface area contributed by atoms with Gasteiger partial charge in [-0.1, -0.05) is 29.9 Å². The van der Waals surface area contributed by atoms with Gasteiger partial charge in [0, 0.05) is 55.2 Å². The third-order valence-electron chi connectivity index (χ3n) is 6.11. The standard InChI is InChI=1S/C24H25N6O3S/c1-29-15-21(14-27-29)20-10-24-22(26-13-20)7-6-19-5-4-17(9-23(19)30(24)31)16-34(32,33)28-12-18-3-2-8-25-11-18/h2-3,6-11,13-15,22,24,28H,4-5,12,16H2,1H3/q-1. The molecule has 34 heavy (non-hydrogen) atoms. The van der Waals surface area contributed by atoms with E-state index in [1.54, 1.807) is 41.6 Å². The first-order valence-electron chi connectivity index (χ1n) is 11.1. The number of dihydropyridines is 1. The molecular weight excluding hydrogens is 452 g/mol. The van der Waals surface area contributed by atoms with Gasteiger partial charge in [0.2, 0.25) is 10.0 Å². The lowest BCUT2D eigenvalue weighted by molar-refractivity contribution is 0.378. The van der Waals surface area contributed by atoms with Gasteiger partial charge in [0.25, 0.3) is 0 Å². The molecule has 10 heteroatoms. The van der Waals surface area contributed by atoms with Crippen molar-refractivity contribution in [2.75, 3.05) is 5.75 Å². The first kappa shape index (κ1) is 22.5. The van der Waals surface area contributed by atoms with Gasteiger partial charge in [-0.05, 0) is 36.1 Å². The molecule has 2 aromatic heterocycles. The predicted molar refractivity (Wildman–Crippen MR) is 131 cm³/mol. The molecule has 2 unspecified atom stereocenters. The number of nitrogens with zero attached hydrogens (tertiary/aromatic N) is 5. The van der Waals surface area contributed by atoms with Crippen LogP contribution in [0.5, 0.6) is 0 Å². The minimum Gasteiger partial charge on any atom is -0.758 e. The molecule has 0 saturated heterocycles. The molecule has 3 aliphatic rings. The second-order valence-corrected chi connectivity index (χ2v) is 10.4. The molecule has 2 aliphatic heterocycles. The first-order valence-corrected chi connectivity index (χ1v) is 12.7. The summed E-state index contributed by atoms with van der Waals surface area (Å²) in [5.74, 6) is -0.148. The van der Waals surface area contributed by atoms with Gasteiger partial charge in [0.1, 0.15) is 0 Å². The van der Waals surface area contributed by atoms with Crippen molar-refractivity contribution in [3.8, 4) is 0 Å².